The van der Waals surface area contributed by atoms with Crippen LogP contribution in [0.3, 0.4) is 0 Å². The van der Waals surface area contributed by atoms with Crippen LogP contribution >= 0.6 is 27.5 Å². The van der Waals surface area contributed by atoms with E-state index in [0.717, 1.165) is 32.2 Å². The number of nitrogens with zero attached hydrogens (tertiary/aromatic N) is 2. The lowest BCUT2D eigenvalue weighted by atomic mass is 10.1. The van der Waals surface area contributed by atoms with E-state index in [9.17, 15) is 5.26 Å². The van der Waals surface area contributed by atoms with Gasteiger partial charge >= 0.3 is 0 Å². The SMILES string of the molecule is Cc1ccc2nc(C(C#N)=Cc3cc(Br)ccc3OCc3ccccc3Cl)[nH]c2c1. The molecule has 0 saturated carbocycles. The summed E-state index contributed by atoms with van der Waals surface area (Å²) >= 11 is 9.73. The summed E-state index contributed by atoms with van der Waals surface area (Å²) < 4.78 is 6.91. The van der Waals surface area contributed by atoms with Crippen molar-refractivity contribution < 1.29 is 4.74 Å². The largest absolute Gasteiger partial charge is 0.488 e. The maximum absolute atomic E-state index is 9.78. The van der Waals surface area contributed by atoms with Crippen LogP contribution < -0.4 is 4.74 Å². The van der Waals surface area contributed by atoms with E-state index in [2.05, 4.69) is 32.0 Å². The summed E-state index contributed by atoms with van der Waals surface area (Å²) in [6.07, 6.45) is 1.78. The minimum Gasteiger partial charge on any atom is -0.488 e. The van der Waals surface area contributed by atoms with Gasteiger partial charge in [-0.25, -0.2) is 4.98 Å². The van der Waals surface area contributed by atoms with Gasteiger partial charge in [-0.1, -0.05) is 51.8 Å². The van der Waals surface area contributed by atoms with Gasteiger partial charge in [0, 0.05) is 20.6 Å². The molecular formula is C24H17BrClN3O. The van der Waals surface area contributed by atoms with Crippen LogP contribution in [0, 0.1) is 18.3 Å². The Bertz CT molecular complexity index is 1300. The molecule has 4 nitrogen and oxygen atoms in total. The molecule has 0 amide bonds. The fraction of sp³-hybridized carbons (Fsp3) is 0.0833. The number of benzene rings is 3. The Hall–Kier alpha value is -3.07. The van der Waals surface area contributed by atoms with Gasteiger partial charge in [0.1, 0.15) is 24.3 Å². The molecule has 1 N–H and O–H groups in total. The van der Waals surface area contributed by atoms with E-state index in [1.807, 2.05) is 67.6 Å². The van der Waals surface area contributed by atoms with E-state index < -0.39 is 0 Å². The fourth-order valence-corrected chi connectivity index (χ4v) is 3.66. The number of hydrogen-bond donors (Lipinski definition) is 1. The summed E-state index contributed by atoms with van der Waals surface area (Å²) in [4.78, 5) is 7.80. The average Bonchev–Trinajstić information content (AvgIpc) is 3.15. The van der Waals surface area contributed by atoms with Gasteiger partial charge in [-0.05, 0) is 55.0 Å². The molecule has 1 aromatic heterocycles. The highest BCUT2D eigenvalue weighted by molar-refractivity contribution is 9.10. The van der Waals surface area contributed by atoms with Crippen molar-refractivity contribution in [3.8, 4) is 11.8 Å². The van der Waals surface area contributed by atoms with Crippen LogP contribution in [-0.4, -0.2) is 9.97 Å². The first-order valence-corrected chi connectivity index (χ1v) is 10.4. The standard InChI is InChI=1S/C24H17BrClN3O/c1-15-6-8-21-22(10-15)29-24(28-21)18(13-27)11-17-12-19(25)7-9-23(17)30-14-16-4-2-3-5-20(16)26/h2-12H,14H2,1H3,(H,28,29). The zero-order chi connectivity index (χ0) is 21.1. The second kappa shape index (κ2) is 8.74. The van der Waals surface area contributed by atoms with Crippen molar-refractivity contribution in [2.24, 2.45) is 0 Å². The van der Waals surface area contributed by atoms with Gasteiger partial charge in [0.15, 0.2) is 0 Å². The number of H-pyrrole nitrogens is 1. The zero-order valence-corrected chi connectivity index (χ0v) is 18.5. The molecule has 3 aromatic carbocycles. The Balaban J connectivity index is 1.69. The highest BCUT2D eigenvalue weighted by Crippen LogP contribution is 2.29. The molecule has 0 atom stereocenters. The van der Waals surface area contributed by atoms with Gasteiger partial charge < -0.3 is 9.72 Å². The normalized spacial score (nSPS) is 11.5. The lowest BCUT2D eigenvalue weighted by molar-refractivity contribution is 0.305. The average molecular weight is 479 g/mol. The Morgan fingerprint density at radius 3 is 2.83 bits per heavy atom. The molecule has 6 heteroatoms. The van der Waals surface area contributed by atoms with E-state index in [4.69, 9.17) is 16.3 Å². The monoisotopic (exact) mass is 477 g/mol. The van der Waals surface area contributed by atoms with Crippen LogP contribution in [0.1, 0.15) is 22.5 Å². The van der Waals surface area contributed by atoms with Crippen molar-refractivity contribution in [1.82, 2.24) is 9.97 Å². The highest BCUT2D eigenvalue weighted by atomic mass is 79.9. The van der Waals surface area contributed by atoms with E-state index in [0.29, 0.717) is 28.8 Å². The Labute approximate surface area is 187 Å². The summed E-state index contributed by atoms with van der Waals surface area (Å²) in [7, 11) is 0. The lowest BCUT2D eigenvalue weighted by Crippen LogP contribution is -1.98. The second-order valence-corrected chi connectivity index (χ2v) is 8.16. The molecule has 4 aromatic rings. The molecule has 0 aliphatic carbocycles. The minimum atomic E-state index is 0.327. The van der Waals surface area contributed by atoms with Crippen LogP contribution in [-0.2, 0) is 6.61 Å². The molecule has 0 spiro atoms. The molecule has 1 heterocycles. The maximum Gasteiger partial charge on any atom is 0.149 e. The third kappa shape index (κ3) is 4.40. The Kier molecular flexibility index (Phi) is 5.89. The van der Waals surface area contributed by atoms with E-state index >= 15 is 0 Å². The molecular weight excluding hydrogens is 462 g/mol. The van der Waals surface area contributed by atoms with Crippen LogP contribution in [0.5, 0.6) is 5.75 Å². The second-order valence-electron chi connectivity index (χ2n) is 6.84. The third-order valence-electron chi connectivity index (χ3n) is 4.63. The lowest BCUT2D eigenvalue weighted by Gasteiger charge is -2.11. The number of aromatic nitrogens is 2. The van der Waals surface area contributed by atoms with Crippen LogP contribution in [0.4, 0.5) is 0 Å². The summed E-state index contributed by atoms with van der Waals surface area (Å²) in [5.74, 6) is 1.17. The maximum atomic E-state index is 9.78. The first-order chi connectivity index (χ1) is 14.5. The molecule has 0 bridgehead atoms. The van der Waals surface area contributed by atoms with Crippen molar-refractivity contribution >= 4 is 50.2 Å². The first-order valence-electron chi connectivity index (χ1n) is 9.28. The number of nitrogens with one attached hydrogen (secondary N) is 1. The van der Waals surface area contributed by atoms with Gasteiger partial charge in [0.25, 0.3) is 0 Å². The Morgan fingerprint density at radius 1 is 1.20 bits per heavy atom. The number of ether oxygens (including phenoxy) is 1. The molecule has 4 rings (SSSR count). The molecule has 148 valence electrons. The van der Waals surface area contributed by atoms with Crippen molar-refractivity contribution in [3.63, 3.8) is 0 Å². The molecule has 0 aliphatic heterocycles. The highest BCUT2D eigenvalue weighted by Gasteiger charge is 2.11. The minimum absolute atomic E-state index is 0.327. The molecule has 0 saturated heterocycles. The summed E-state index contributed by atoms with van der Waals surface area (Å²) in [5.41, 5.74) is 4.93. The fourth-order valence-electron chi connectivity index (χ4n) is 3.09. The molecule has 0 fully saturated rings. The van der Waals surface area contributed by atoms with Gasteiger partial charge in [0.2, 0.25) is 0 Å². The smallest absolute Gasteiger partial charge is 0.149 e. The van der Waals surface area contributed by atoms with Crippen LogP contribution in [0.15, 0.2) is 65.1 Å². The topological polar surface area (TPSA) is 61.7 Å². The number of nitriles is 1. The quantitative estimate of drug-likeness (QED) is 0.316. The number of aryl methyl sites for hydroxylation is 1. The van der Waals surface area contributed by atoms with Gasteiger partial charge in [0.05, 0.1) is 16.6 Å². The first kappa shape index (κ1) is 20.2. The van der Waals surface area contributed by atoms with E-state index in [1.165, 1.54) is 0 Å². The zero-order valence-electron chi connectivity index (χ0n) is 16.1. The number of hydrogen-bond acceptors (Lipinski definition) is 3. The van der Waals surface area contributed by atoms with Crippen LogP contribution in [0.2, 0.25) is 5.02 Å². The third-order valence-corrected chi connectivity index (χ3v) is 5.49. The molecule has 0 aliphatic rings. The Morgan fingerprint density at radius 2 is 2.03 bits per heavy atom. The predicted octanol–water partition coefficient (Wildman–Crippen LogP) is 6.93. The summed E-state index contributed by atoms with van der Waals surface area (Å²) in [6, 6.07) is 21.4. The van der Waals surface area contributed by atoms with Crippen molar-refractivity contribution in [1.29, 1.82) is 5.26 Å². The number of rotatable bonds is 5. The van der Waals surface area contributed by atoms with Crippen molar-refractivity contribution in [3.05, 3.63) is 92.7 Å². The van der Waals surface area contributed by atoms with Crippen LogP contribution in [0.25, 0.3) is 22.7 Å². The van der Waals surface area contributed by atoms with Gasteiger partial charge in [-0.2, -0.15) is 5.26 Å². The number of halogens is 2. The molecule has 0 unspecified atom stereocenters. The van der Waals surface area contributed by atoms with E-state index in [1.54, 1.807) is 6.08 Å². The summed E-state index contributed by atoms with van der Waals surface area (Å²) in [6.45, 7) is 2.35. The predicted molar refractivity (Wildman–Crippen MR) is 124 cm³/mol. The number of allylic oxidation sites excluding steroid dienone is 1. The van der Waals surface area contributed by atoms with Gasteiger partial charge in [-0.15, -0.1) is 0 Å². The number of fused-ring (bicyclic) bond motifs is 1. The molecule has 30 heavy (non-hydrogen) atoms. The van der Waals surface area contributed by atoms with Gasteiger partial charge in [-0.3, -0.25) is 0 Å². The molecule has 0 radical (unpaired) electrons. The summed E-state index contributed by atoms with van der Waals surface area (Å²) in [5, 5.41) is 10.4. The van der Waals surface area contributed by atoms with Crippen molar-refractivity contribution in [2.75, 3.05) is 0 Å². The number of imidazole rings is 1. The van der Waals surface area contributed by atoms with Crippen molar-refractivity contribution in [2.45, 2.75) is 13.5 Å². The van der Waals surface area contributed by atoms with E-state index in [-0.39, 0.29) is 0 Å². The number of aromatic amines is 1.